The number of benzene rings is 1. The fourth-order valence-corrected chi connectivity index (χ4v) is 2.46. The zero-order valence-corrected chi connectivity index (χ0v) is 14.3. The molecule has 0 aliphatic carbocycles. The van der Waals surface area contributed by atoms with Crippen molar-refractivity contribution in [2.45, 2.75) is 0 Å². The van der Waals surface area contributed by atoms with Gasteiger partial charge in [-0.15, -0.1) is 0 Å². The first-order valence-electron chi connectivity index (χ1n) is 5.66. The summed E-state index contributed by atoms with van der Waals surface area (Å²) in [6.45, 7) is 0. The predicted octanol–water partition coefficient (Wildman–Crippen LogP) is 3.83. The fraction of sp³-hybridized carbons (Fsp3) is 0. The quantitative estimate of drug-likeness (QED) is 0.365. The maximum absolute atomic E-state index is 11.8. The zero-order chi connectivity index (χ0) is 14.1. The van der Waals surface area contributed by atoms with E-state index in [-0.39, 0.29) is 5.70 Å². The molecule has 0 saturated carbocycles. The van der Waals surface area contributed by atoms with Crippen molar-refractivity contribution < 1.29 is 13.9 Å². The van der Waals surface area contributed by atoms with Crippen LogP contribution in [0.3, 0.4) is 0 Å². The third kappa shape index (κ3) is 2.95. The summed E-state index contributed by atoms with van der Waals surface area (Å²) in [5, 5.41) is 0. The Morgan fingerprint density at radius 2 is 1.80 bits per heavy atom. The Morgan fingerprint density at radius 1 is 1.05 bits per heavy atom. The number of hydrogen-bond acceptors (Lipinski definition) is 4. The molecule has 1 aromatic heterocycles. The minimum absolute atomic E-state index is 0.240. The summed E-state index contributed by atoms with van der Waals surface area (Å²) in [4.78, 5) is 16.0. The van der Waals surface area contributed by atoms with Gasteiger partial charge in [-0.25, -0.2) is 9.79 Å². The summed E-state index contributed by atoms with van der Waals surface area (Å²) in [6.07, 6.45) is 1.57. The van der Waals surface area contributed by atoms with E-state index in [2.05, 4.69) is 50.2 Å². The van der Waals surface area contributed by atoms with Crippen LogP contribution in [0.5, 0.6) is 0 Å². The van der Waals surface area contributed by atoms with Crippen LogP contribution in [-0.2, 0) is 9.53 Å². The number of cyclic esters (lactones) is 1. The molecule has 20 heavy (non-hydrogen) atoms. The number of hydrogen-bond donors (Lipinski definition) is 0. The molecule has 1 aliphatic heterocycles. The number of carbonyl (C=O) groups is 1. The summed E-state index contributed by atoms with van der Waals surface area (Å²) in [5.74, 6) is 0.429. The Balaban J connectivity index is 1.92. The van der Waals surface area contributed by atoms with Crippen molar-refractivity contribution in [3.8, 4) is 0 Å². The van der Waals surface area contributed by atoms with Crippen LogP contribution in [-0.4, -0.2) is 11.9 Å². The highest BCUT2D eigenvalue weighted by Gasteiger charge is 2.24. The largest absolute Gasteiger partial charge is 0.451 e. The molecule has 0 bridgehead atoms. The van der Waals surface area contributed by atoms with Gasteiger partial charge in [0.25, 0.3) is 0 Å². The molecular formula is C14H7I2NO3. The molecule has 3 rings (SSSR count). The van der Waals surface area contributed by atoms with Gasteiger partial charge in [-0.1, -0.05) is 0 Å². The molecule has 2 heterocycles. The first kappa shape index (κ1) is 13.8. The molecule has 4 nitrogen and oxygen atoms in total. The number of nitrogens with zero attached hydrogens (tertiary/aromatic N) is 1. The van der Waals surface area contributed by atoms with E-state index < -0.39 is 5.97 Å². The molecular weight excluding hydrogens is 484 g/mol. The molecule has 2 aromatic rings. The van der Waals surface area contributed by atoms with Crippen LogP contribution in [0.1, 0.15) is 11.3 Å². The van der Waals surface area contributed by atoms with Crippen LogP contribution in [0.4, 0.5) is 0 Å². The first-order valence-corrected chi connectivity index (χ1v) is 7.81. The second kappa shape index (κ2) is 5.68. The number of carbonyl (C=O) groups excluding carboxylic acids is 1. The highest BCUT2D eigenvalue weighted by atomic mass is 127. The van der Waals surface area contributed by atoms with Gasteiger partial charge in [-0.05, 0) is 81.6 Å². The number of esters is 1. The normalized spacial score (nSPS) is 16.4. The molecule has 100 valence electrons. The predicted molar refractivity (Wildman–Crippen MR) is 91.2 cm³/mol. The van der Waals surface area contributed by atoms with E-state index >= 15 is 0 Å². The molecule has 0 amide bonds. The van der Waals surface area contributed by atoms with Gasteiger partial charge in [0.05, 0.1) is 0 Å². The van der Waals surface area contributed by atoms with Crippen molar-refractivity contribution in [1.29, 1.82) is 0 Å². The summed E-state index contributed by atoms with van der Waals surface area (Å²) in [7, 11) is 0. The van der Waals surface area contributed by atoms with E-state index in [0.717, 1.165) is 12.9 Å². The van der Waals surface area contributed by atoms with Crippen LogP contribution in [0.15, 0.2) is 51.5 Å². The highest BCUT2D eigenvalue weighted by molar-refractivity contribution is 14.1. The van der Waals surface area contributed by atoms with Crippen LogP contribution in [0.25, 0.3) is 6.08 Å². The van der Waals surface area contributed by atoms with E-state index in [1.54, 1.807) is 12.1 Å². The second-order valence-electron chi connectivity index (χ2n) is 3.98. The monoisotopic (exact) mass is 491 g/mol. The molecule has 0 fully saturated rings. The molecule has 0 N–H and O–H groups in total. The standard InChI is InChI=1S/C14H7I2NO3/c15-9-3-1-8(2-4-9)13-17-11(14(18)20-13)7-10-5-6-12(16)19-10/h1-7H/b11-7-. The highest BCUT2D eigenvalue weighted by Crippen LogP contribution is 2.21. The number of halogens is 2. The average molecular weight is 491 g/mol. The first-order chi connectivity index (χ1) is 9.61. The van der Waals surface area contributed by atoms with Crippen molar-refractivity contribution in [1.82, 2.24) is 0 Å². The van der Waals surface area contributed by atoms with Gasteiger partial charge in [0, 0.05) is 15.2 Å². The summed E-state index contributed by atoms with van der Waals surface area (Å²) >= 11 is 4.27. The molecule has 1 aliphatic rings. The van der Waals surface area contributed by atoms with Crippen molar-refractivity contribution in [2.75, 3.05) is 0 Å². The van der Waals surface area contributed by atoms with E-state index in [4.69, 9.17) is 9.15 Å². The lowest BCUT2D eigenvalue weighted by molar-refractivity contribution is -0.129. The smallest absolute Gasteiger partial charge is 0.363 e. The van der Waals surface area contributed by atoms with Gasteiger partial charge in [-0.3, -0.25) is 0 Å². The molecule has 6 heteroatoms. The van der Waals surface area contributed by atoms with Crippen LogP contribution in [0, 0.1) is 7.34 Å². The number of rotatable bonds is 2. The van der Waals surface area contributed by atoms with Gasteiger partial charge in [0.15, 0.2) is 9.46 Å². The Labute approximate surface area is 142 Å². The third-order valence-electron chi connectivity index (χ3n) is 2.58. The van der Waals surface area contributed by atoms with Crippen molar-refractivity contribution >= 4 is 63.1 Å². The van der Waals surface area contributed by atoms with Gasteiger partial charge in [0.1, 0.15) is 5.76 Å². The lowest BCUT2D eigenvalue weighted by Crippen LogP contribution is -2.05. The lowest BCUT2D eigenvalue weighted by atomic mass is 10.2. The van der Waals surface area contributed by atoms with Crippen LogP contribution >= 0.6 is 45.2 Å². The maximum atomic E-state index is 11.8. The molecule has 0 radical (unpaired) electrons. The maximum Gasteiger partial charge on any atom is 0.363 e. The third-order valence-corrected chi connectivity index (χ3v) is 3.88. The Hall–Kier alpha value is -1.16. The summed E-state index contributed by atoms with van der Waals surface area (Å²) in [5.41, 5.74) is 1.01. The Bertz CT molecular complexity index is 729. The second-order valence-corrected chi connectivity index (χ2v) is 6.29. The van der Waals surface area contributed by atoms with Crippen molar-refractivity contribution in [3.63, 3.8) is 0 Å². The zero-order valence-electron chi connectivity index (χ0n) is 9.97. The minimum atomic E-state index is -0.468. The van der Waals surface area contributed by atoms with Crippen molar-refractivity contribution in [3.05, 3.63) is 60.8 Å². The molecule has 0 atom stereocenters. The van der Waals surface area contributed by atoms with Gasteiger partial charge < -0.3 is 9.15 Å². The topological polar surface area (TPSA) is 51.8 Å². The lowest BCUT2D eigenvalue weighted by Gasteiger charge is -1.98. The number of furan rings is 1. The number of aliphatic imine (C=N–C) groups is 1. The van der Waals surface area contributed by atoms with E-state index in [9.17, 15) is 4.79 Å². The van der Waals surface area contributed by atoms with Gasteiger partial charge >= 0.3 is 5.97 Å². The fourth-order valence-electron chi connectivity index (χ4n) is 1.67. The van der Waals surface area contributed by atoms with Gasteiger partial charge in [-0.2, -0.15) is 0 Å². The summed E-state index contributed by atoms with van der Waals surface area (Å²) in [6, 6.07) is 11.2. The Kier molecular flexibility index (Phi) is 3.92. The SMILES string of the molecule is O=C1OC(c2ccc(I)cc2)=N/C1=C\c1ccc(I)o1. The minimum Gasteiger partial charge on any atom is -0.451 e. The molecule has 0 unspecified atom stereocenters. The van der Waals surface area contributed by atoms with E-state index in [0.29, 0.717) is 11.7 Å². The van der Waals surface area contributed by atoms with E-state index in [1.807, 2.05) is 30.3 Å². The molecule has 0 saturated heterocycles. The molecule has 1 aromatic carbocycles. The van der Waals surface area contributed by atoms with Crippen molar-refractivity contribution in [2.24, 2.45) is 4.99 Å². The van der Waals surface area contributed by atoms with E-state index in [1.165, 1.54) is 0 Å². The van der Waals surface area contributed by atoms with Crippen LogP contribution in [0.2, 0.25) is 0 Å². The molecule has 0 spiro atoms. The average Bonchev–Trinajstić information content (AvgIpc) is 2.98. The van der Waals surface area contributed by atoms with Crippen LogP contribution < -0.4 is 0 Å². The number of ether oxygens (including phenoxy) is 1. The Morgan fingerprint density at radius 3 is 2.45 bits per heavy atom. The summed E-state index contributed by atoms with van der Waals surface area (Å²) < 4.78 is 12.4. The van der Waals surface area contributed by atoms with Gasteiger partial charge in [0.2, 0.25) is 5.90 Å².